The smallest absolute Gasteiger partial charge is 0.338 e. The maximum absolute atomic E-state index is 13.0. The van der Waals surface area contributed by atoms with Gasteiger partial charge in [-0.15, -0.1) is 0 Å². The lowest BCUT2D eigenvalue weighted by atomic mass is 9.93. The summed E-state index contributed by atoms with van der Waals surface area (Å²) in [7, 11) is 1.68. The Bertz CT molecular complexity index is 1140. The molecule has 9 heteroatoms. The Balaban J connectivity index is 1.59. The number of nitrogens with one attached hydrogen (secondary N) is 2. The predicted molar refractivity (Wildman–Crippen MR) is 106 cm³/mol. The van der Waals surface area contributed by atoms with Gasteiger partial charge in [0.2, 0.25) is 11.8 Å². The van der Waals surface area contributed by atoms with E-state index in [-0.39, 0.29) is 24.1 Å². The number of amides is 2. The third-order valence-electron chi connectivity index (χ3n) is 4.96. The second-order valence-electron chi connectivity index (χ2n) is 6.83. The minimum atomic E-state index is -0.661. The highest BCUT2D eigenvalue weighted by atomic mass is 35.5. The Morgan fingerprint density at radius 2 is 2.03 bits per heavy atom. The number of aromatic nitrogens is 2. The molecule has 2 N–H and O–H groups in total. The molecule has 2 heterocycles. The van der Waals surface area contributed by atoms with Gasteiger partial charge in [-0.05, 0) is 29.8 Å². The average Bonchev–Trinajstić information content (AvgIpc) is 3.26. The molecular formula is C20H17ClN4O4. The van der Waals surface area contributed by atoms with Gasteiger partial charge in [0.15, 0.2) is 5.82 Å². The number of H-pyrrole nitrogens is 1. The van der Waals surface area contributed by atoms with E-state index < -0.39 is 17.7 Å². The summed E-state index contributed by atoms with van der Waals surface area (Å²) in [6.07, 6.45) is 0.107. The van der Waals surface area contributed by atoms with Gasteiger partial charge in [-0.1, -0.05) is 41.0 Å². The molecule has 0 radical (unpaired) electrons. The molecular weight excluding hydrogens is 396 g/mol. The van der Waals surface area contributed by atoms with Crippen LogP contribution >= 0.6 is 11.6 Å². The van der Waals surface area contributed by atoms with E-state index in [2.05, 4.69) is 20.0 Å². The highest BCUT2D eigenvalue weighted by Gasteiger charge is 2.42. The summed E-state index contributed by atoms with van der Waals surface area (Å²) in [6.45, 7) is 0. The Labute approximate surface area is 170 Å². The molecule has 1 aliphatic heterocycles. The van der Waals surface area contributed by atoms with Crippen LogP contribution in [0.4, 0.5) is 5.69 Å². The molecule has 2 atom stereocenters. The van der Waals surface area contributed by atoms with Gasteiger partial charge < -0.3 is 10.2 Å². The number of carbonyl (C=O) groups is 2. The normalized spacial score (nSPS) is 18.8. The molecule has 2 amide bonds. The number of halogens is 1. The van der Waals surface area contributed by atoms with E-state index in [9.17, 15) is 14.4 Å². The number of benzene rings is 2. The van der Waals surface area contributed by atoms with Crippen molar-refractivity contribution in [3.05, 3.63) is 69.7 Å². The van der Waals surface area contributed by atoms with Crippen molar-refractivity contribution in [1.82, 2.24) is 15.0 Å². The standard InChI is InChI=1S/C20H17ClN4O4/c1-25-16(26)10-15(17(25)11-4-2-6-13(21)8-11)19(27)22-14-7-3-5-12(9-14)18-23-20(28)29-24-18/h2-9,15,17H,10H2,1H3,(H,22,27)(H,23,24,28). The molecule has 4 rings (SSSR count). The van der Waals surface area contributed by atoms with Crippen molar-refractivity contribution in [2.75, 3.05) is 12.4 Å². The number of nitrogens with zero attached hydrogens (tertiary/aromatic N) is 2. The zero-order chi connectivity index (χ0) is 20.5. The first kappa shape index (κ1) is 18.9. The maximum atomic E-state index is 13.0. The summed E-state index contributed by atoms with van der Waals surface area (Å²) in [4.78, 5) is 40.5. The lowest BCUT2D eigenvalue weighted by molar-refractivity contribution is -0.127. The first-order chi connectivity index (χ1) is 13.9. The first-order valence-corrected chi connectivity index (χ1v) is 9.28. The third-order valence-corrected chi connectivity index (χ3v) is 5.19. The van der Waals surface area contributed by atoms with Crippen LogP contribution < -0.4 is 11.1 Å². The molecule has 8 nitrogen and oxygen atoms in total. The van der Waals surface area contributed by atoms with Gasteiger partial charge in [-0.25, -0.2) is 4.79 Å². The Hall–Kier alpha value is -3.39. The number of anilines is 1. The van der Waals surface area contributed by atoms with Crippen LogP contribution in [0, 0.1) is 5.92 Å². The SMILES string of the molecule is CN1C(=O)CC(C(=O)Nc2cccc(-c3noc(=O)[nH]3)c2)C1c1cccc(Cl)c1. The maximum Gasteiger partial charge on any atom is 0.439 e. The van der Waals surface area contributed by atoms with Crippen LogP contribution in [0.5, 0.6) is 0 Å². The topological polar surface area (TPSA) is 108 Å². The Kier molecular flexibility index (Phi) is 4.94. The first-order valence-electron chi connectivity index (χ1n) is 8.91. The van der Waals surface area contributed by atoms with Crippen molar-refractivity contribution in [1.29, 1.82) is 0 Å². The number of rotatable bonds is 4. The molecule has 1 aromatic heterocycles. The summed E-state index contributed by atoms with van der Waals surface area (Å²) in [5, 5.41) is 7.04. The summed E-state index contributed by atoms with van der Waals surface area (Å²) in [6, 6.07) is 13.6. The average molecular weight is 413 g/mol. The number of carbonyl (C=O) groups excluding carboxylic acids is 2. The second kappa shape index (κ2) is 7.56. The van der Waals surface area contributed by atoms with Crippen LogP contribution in [0.25, 0.3) is 11.4 Å². The second-order valence-corrected chi connectivity index (χ2v) is 7.27. The molecule has 0 aliphatic carbocycles. The number of hydrogen-bond donors (Lipinski definition) is 2. The monoisotopic (exact) mass is 412 g/mol. The van der Waals surface area contributed by atoms with E-state index in [0.717, 1.165) is 5.56 Å². The molecule has 148 valence electrons. The zero-order valence-corrected chi connectivity index (χ0v) is 16.1. The third kappa shape index (κ3) is 3.79. The molecule has 3 aromatic rings. The molecule has 0 spiro atoms. The van der Waals surface area contributed by atoms with Gasteiger partial charge in [0.05, 0.1) is 12.0 Å². The lowest BCUT2D eigenvalue weighted by Gasteiger charge is -2.25. The van der Waals surface area contributed by atoms with Crippen LogP contribution in [0.2, 0.25) is 5.02 Å². The van der Waals surface area contributed by atoms with E-state index >= 15 is 0 Å². The summed E-state index contributed by atoms with van der Waals surface area (Å²) >= 11 is 6.10. The quantitative estimate of drug-likeness (QED) is 0.685. The van der Waals surface area contributed by atoms with Crippen molar-refractivity contribution in [2.24, 2.45) is 5.92 Å². The van der Waals surface area contributed by atoms with E-state index in [1.807, 2.05) is 6.07 Å². The lowest BCUT2D eigenvalue weighted by Crippen LogP contribution is -2.30. The zero-order valence-electron chi connectivity index (χ0n) is 15.4. The van der Waals surface area contributed by atoms with Gasteiger partial charge in [0.25, 0.3) is 0 Å². The van der Waals surface area contributed by atoms with Gasteiger partial charge in [0.1, 0.15) is 0 Å². The van der Waals surface area contributed by atoms with Crippen molar-refractivity contribution in [2.45, 2.75) is 12.5 Å². The van der Waals surface area contributed by atoms with Gasteiger partial charge in [-0.3, -0.25) is 19.1 Å². The molecule has 0 saturated carbocycles. The Morgan fingerprint density at radius 1 is 1.24 bits per heavy atom. The van der Waals surface area contributed by atoms with E-state index in [1.54, 1.807) is 54.4 Å². The van der Waals surface area contributed by atoms with Crippen molar-refractivity contribution in [3.8, 4) is 11.4 Å². The van der Waals surface area contributed by atoms with Crippen LogP contribution in [0.1, 0.15) is 18.0 Å². The van der Waals surface area contributed by atoms with Crippen LogP contribution in [0.3, 0.4) is 0 Å². The fourth-order valence-electron chi connectivity index (χ4n) is 3.58. The van der Waals surface area contributed by atoms with Crippen LogP contribution in [0.15, 0.2) is 57.8 Å². The van der Waals surface area contributed by atoms with Crippen LogP contribution in [-0.2, 0) is 9.59 Å². The van der Waals surface area contributed by atoms with E-state index in [0.29, 0.717) is 16.3 Å². The highest BCUT2D eigenvalue weighted by Crippen LogP contribution is 2.38. The minimum absolute atomic E-state index is 0.107. The number of hydrogen-bond acceptors (Lipinski definition) is 5. The number of likely N-dealkylation sites (tertiary alicyclic amines) is 1. The molecule has 1 saturated heterocycles. The van der Waals surface area contributed by atoms with Gasteiger partial charge in [0, 0.05) is 29.7 Å². The van der Waals surface area contributed by atoms with Gasteiger partial charge in [-0.2, -0.15) is 0 Å². The summed E-state index contributed by atoms with van der Waals surface area (Å²) in [5.74, 6) is -1.35. The molecule has 29 heavy (non-hydrogen) atoms. The van der Waals surface area contributed by atoms with Crippen molar-refractivity contribution >= 4 is 29.1 Å². The highest BCUT2D eigenvalue weighted by molar-refractivity contribution is 6.30. The summed E-state index contributed by atoms with van der Waals surface area (Å²) < 4.78 is 4.52. The fourth-order valence-corrected chi connectivity index (χ4v) is 3.78. The number of aromatic amines is 1. The minimum Gasteiger partial charge on any atom is -0.338 e. The molecule has 1 aliphatic rings. The molecule has 2 aromatic carbocycles. The van der Waals surface area contributed by atoms with E-state index in [4.69, 9.17) is 11.6 Å². The largest absolute Gasteiger partial charge is 0.439 e. The fraction of sp³-hybridized carbons (Fsp3) is 0.200. The van der Waals surface area contributed by atoms with E-state index in [1.165, 1.54) is 0 Å². The molecule has 0 bridgehead atoms. The molecule has 1 fully saturated rings. The molecule has 2 unspecified atom stereocenters. The predicted octanol–water partition coefficient (Wildman–Crippen LogP) is 2.84. The van der Waals surface area contributed by atoms with Crippen molar-refractivity contribution < 1.29 is 14.1 Å². The van der Waals surface area contributed by atoms with Crippen molar-refractivity contribution in [3.63, 3.8) is 0 Å². The van der Waals surface area contributed by atoms with Gasteiger partial charge >= 0.3 is 5.76 Å². The summed E-state index contributed by atoms with van der Waals surface area (Å²) in [5.41, 5.74) is 1.91. The Morgan fingerprint density at radius 3 is 2.76 bits per heavy atom. The van der Waals surface area contributed by atoms with Crippen LogP contribution in [-0.4, -0.2) is 33.9 Å².